The molecule has 2 aliphatic rings. The van der Waals surface area contributed by atoms with E-state index in [0.717, 1.165) is 51.1 Å². The van der Waals surface area contributed by atoms with Crippen LogP contribution in [0.4, 0.5) is 0 Å². The zero-order chi connectivity index (χ0) is 16.4. The van der Waals surface area contributed by atoms with Gasteiger partial charge in [0.25, 0.3) is 5.91 Å². The number of rotatable bonds is 4. The van der Waals surface area contributed by atoms with E-state index in [1.165, 1.54) is 5.69 Å². The minimum atomic E-state index is 0.0716. The fourth-order valence-electron chi connectivity index (χ4n) is 3.50. The average molecular weight is 320 g/mol. The lowest BCUT2D eigenvalue weighted by molar-refractivity contribution is 0.0621. The summed E-state index contributed by atoms with van der Waals surface area (Å²) >= 11 is 0. The Balaban J connectivity index is 1.78. The van der Waals surface area contributed by atoms with E-state index in [-0.39, 0.29) is 11.9 Å². The number of ether oxygens (including phenoxy) is 1. The Labute approximate surface area is 138 Å². The molecule has 3 rings (SSSR count). The zero-order valence-corrected chi connectivity index (χ0v) is 14.5. The molecule has 6 heteroatoms. The molecule has 0 bridgehead atoms. The van der Waals surface area contributed by atoms with E-state index in [1.807, 2.05) is 9.58 Å². The van der Waals surface area contributed by atoms with Crippen LogP contribution in [-0.2, 0) is 17.8 Å². The van der Waals surface area contributed by atoms with Crippen molar-refractivity contribution >= 4 is 5.91 Å². The number of aromatic nitrogens is 2. The fourth-order valence-corrected chi connectivity index (χ4v) is 3.50. The summed E-state index contributed by atoms with van der Waals surface area (Å²) in [5.74, 6) is 0.0716. The van der Waals surface area contributed by atoms with Crippen LogP contribution >= 0.6 is 0 Å². The van der Waals surface area contributed by atoms with Gasteiger partial charge >= 0.3 is 0 Å². The van der Waals surface area contributed by atoms with Crippen molar-refractivity contribution in [3.8, 4) is 0 Å². The summed E-state index contributed by atoms with van der Waals surface area (Å²) in [6.07, 6.45) is 2.01. The van der Waals surface area contributed by atoms with E-state index in [2.05, 4.69) is 30.8 Å². The van der Waals surface area contributed by atoms with E-state index in [1.54, 1.807) is 0 Å². The molecular formula is C17H28N4O2. The second-order valence-electron chi connectivity index (χ2n) is 6.75. The fraction of sp³-hybridized carbons (Fsp3) is 0.765. The van der Waals surface area contributed by atoms with Gasteiger partial charge in [0.15, 0.2) is 5.69 Å². The Morgan fingerprint density at radius 1 is 1.26 bits per heavy atom. The molecular weight excluding hydrogens is 292 g/mol. The number of fused-ring (bicyclic) bond motifs is 1. The van der Waals surface area contributed by atoms with Gasteiger partial charge in [-0.25, -0.2) is 0 Å². The monoisotopic (exact) mass is 320 g/mol. The molecule has 0 aliphatic carbocycles. The van der Waals surface area contributed by atoms with Crippen molar-refractivity contribution in [1.82, 2.24) is 19.6 Å². The van der Waals surface area contributed by atoms with Crippen molar-refractivity contribution in [1.29, 1.82) is 0 Å². The molecule has 0 saturated carbocycles. The smallest absolute Gasteiger partial charge is 0.274 e. The number of carbonyl (C=O) groups excluding carboxylic acids is 1. The van der Waals surface area contributed by atoms with Gasteiger partial charge in [0, 0.05) is 49.9 Å². The van der Waals surface area contributed by atoms with Crippen molar-refractivity contribution in [2.45, 2.75) is 46.3 Å². The highest BCUT2D eigenvalue weighted by Crippen LogP contribution is 2.25. The van der Waals surface area contributed by atoms with Crippen LogP contribution in [0, 0.1) is 0 Å². The van der Waals surface area contributed by atoms with Crippen LogP contribution in [0.15, 0.2) is 0 Å². The largest absolute Gasteiger partial charge is 0.376 e. The van der Waals surface area contributed by atoms with Crippen LogP contribution in [0.5, 0.6) is 0 Å². The molecule has 1 aromatic rings. The lowest BCUT2D eigenvalue weighted by Gasteiger charge is -2.34. The van der Waals surface area contributed by atoms with Crippen LogP contribution in [0.25, 0.3) is 0 Å². The average Bonchev–Trinajstić information content (AvgIpc) is 2.95. The standard InChI is InChI=1S/C17H28N4O2/c1-4-6-19-7-9-20(10-8-19)17(22)16-14-12-23-11-5-15(14)21(18-16)13(2)3/h13H,4-12H2,1-3H3. The van der Waals surface area contributed by atoms with Gasteiger partial charge in [-0.05, 0) is 26.8 Å². The van der Waals surface area contributed by atoms with Crippen molar-refractivity contribution in [2.75, 3.05) is 39.3 Å². The molecule has 0 N–H and O–H groups in total. The van der Waals surface area contributed by atoms with Crippen molar-refractivity contribution in [3.63, 3.8) is 0 Å². The zero-order valence-electron chi connectivity index (χ0n) is 14.5. The molecule has 0 atom stereocenters. The van der Waals surface area contributed by atoms with Crippen LogP contribution < -0.4 is 0 Å². The van der Waals surface area contributed by atoms with Crippen LogP contribution in [-0.4, -0.2) is 64.8 Å². The first-order valence-corrected chi connectivity index (χ1v) is 8.81. The lowest BCUT2D eigenvalue weighted by atomic mass is 10.1. The molecule has 0 unspecified atom stereocenters. The Bertz CT molecular complexity index is 559. The SMILES string of the molecule is CCCN1CCN(C(=O)c2nn(C(C)C)c3c2COCC3)CC1. The van der Waals surface area contributed by atoms with E-state index in [0.29, 0.717) is 18.9 Å². The molecule has 0 aromatic carbocycles. The number of hydrogen-bond donors (Lipinski definition) is 0. The van der Waals surface area contributed by atoms with Crippen molar-refractivity contribution in [2.24, 2.45) is 0 Å². The molecule has 6 nitrogen and oxygen atoms in total. The number of piperazine rings is 1. The lowest BCUT2D eigenvalue weighted by Crippen LogP contribution is -2.49. The van der Waals surface area contributed by atoms with E-state index < -0.39 is 0 Å². The Kier molecular flexibility index (Phi) is 5.02. The van der Waals surface area contributed by atoms with E-state index in [4.69, 9.17) is 4.74 Å². The minimum absolute atomic E-state index is 0.0716. The summed E-state index contributed by atoms with van der Waals surface area (Å²) in [6, 6.07) is 0.268. The van der Waals surface area contributed by atoms with E-state index >= 15 is 0 Å². The van der Waals surface area contributed by atoms with Gasteiger partial charge in [-0.3, -0.25) is 14.4 Å². The van der Waals surface area contributed by atoms with Crippen LogP contribution in [0.3, 0.4) is 0 Å². The van der Waals surface area contributed by atoms with Crippen LogP contribution in [0.1, 0.15) is 55.0 Å². The van der Waals surface area contributed by atoms with Gasteiger partial charge < -0.3 is 9.64 Å². The summed E-state index contributed by atoms with van der Waals surface area (Å²) in [7, 11) is 0. The second-order valence-corrected chi connectivity index (χ2v) is 6.75. The third-order valence-corrected chi connectivity index (χ3v) is 4.74. The molecule has 1 aromatic heterocycles. The Morgan fingerprint density at radius 3 is 2.65 bits per heavy atom. The van der Waals surface area contributed by atoms with Crippen molar-refractivity contribution < 1.29 is 9.53 Å². The first kappa shape index (κ1) is 16.5. The van der Waals surface area contributed by atoms with Gasteiger partial charge in [-0.1, -0.05) is 6.92 Å². The molecule has 128 valence electrons. The minimum Gasteiger partial charge on any atom is -0.376 e. The maximum atomic E-state index is 12.9. The summed E-state index contributed by atoms with van der Waals surface area (Å²) in [4.78, 5) is 17.3. The first-order chi connectivity index (χ1) is 11.1. The summed E-state index contributed by atoms with van der Waals surface area (Å²) in [5.41, 5.74) is 2.79. The Morgan fingerprint density at radius 2 is 2.00 bits per heavy atom. The third kappa shape index (κ3) is 3.28. The maximum absolute atomic E-state index is 12.9. The molecule has 1 saturated heterocycles. The molecule has 1 amide bonds. The normalized spacial score (nSPS) is 19.2. The predicted octanol–water partition coefficient (Wildman–Crippen LogP) is 1.70. The highest BCUT2D eigenvalue weighted by Gasteiger charge is 2.30. The quantitative estimate of drug-likeness (QED) is 0.847. The first-order valence-electron chi connectivity index (χ1n) is 8.81. The van der Waals surface area contributed by atoms with Gasteiger partial charge in [-0.15, -0.1) is 0 Å². The topological polar surface area (TPSA) is 50.6 Å². The predicted molar refractivity (Wildman–Crippen MR) is 88.6 cm³/mol. The molecule has 3 heterocycles. The number of amides is 1. The van der Waals surface area contributed by atoms with Gasteiger partial charge in [0.05, 0.1) is 13.2 Å². The molecule has 2 aliphatic heterocycles. The molecule has 0 radical (unpaired) electrons. The molecule has 1 fully saturated rings. The summed E-state index contributed by atoms with van der Waals surface area (Å²) < 4.78 is 7.60. The Hall–Kier alpha value is -1.40. The highest BCUT2D eigenvalue weighted by atomic mass is 16.5. The number of nitrogens with zero attached hydrogens (tertiary/aromatic N) is 4. The van der Waals surface area contributed by atoms with Gasteiger partial charge in [0.2, 0.25) is 0 Å². The number of hydrogen-bond acceptors (Lipinski definition) is 4. The van der Waals surface area contributed by atoms with Gasteiger partial charge in [-0.2, -0.15) is 5.10 Å². The van der Waals surface area contributed by atoms with E-state index in [9.17, 15) is 4.79 Å². The third-order valence-electron chi connectivity index (χ3n) is 4.74. The maximum Gasteiger partial charge on any atom is 0.274 e. The number of carbonyl (C=O) groups is 1. The summed E-state index contributed by atoms with van der Waals surface area (Å²) in [6.45, 7) is 12.3. The highest BCUT2D eigenvalue weighted by molar-refractivity contribution is 5.94. The summed E-state index contributed by atoms with van der Waals surface area (Å²) in [5, 5.41) is 4.65. The molecule has 0 spiro atoms. The van der Waals surface area contributed by atoms with Gasteiger partial charge in [0.1, 0.15) is 0 Å². The second kappa shape index (κ2) is 7.01. The van der Waals surface area contributed by atoms with Crippen molar-refractivity contribution in [3.05, 3.63) is 17.0 Å². The van der Waals surface area contributed by atoms with Crippen LogP contribution in [0.2, 0.25) is 0 Å². The molecule has 23 heavy (non-hydrogen) atoms.